The van der Waals surface area contributed by atoms with E-state index in [-0.39, 0.29) is 13.0 Å². The molecule has 1 aliphatic heterocycles. The van der Waals surface area contributed by atoms with E-state index in [1.807, 2.05) is 0 Å². The minimum Gasteiger partial charge on any atom is -0.445 e. The first-order valence-electron chi connectivity index (χ1n) is 7.83. The lowest BCUT2D eigenvalue weighted by Crippen LogP contribution is -2.45. The van der Waals surface area contributed by atoms with E-state index in [4.69, 9.17) is 4.74 Å². The molecule has 1 aromatic carbocycles. The van der Waals surface area contributed by atoms with Crippen molar-refractivity contribution in [3.8, 4) is 0 Å². The van der Waals surface area contributed by atoms with E-state index in [0.717, 1.165) is 11.6 Å². The van der Waals surface area contributed by atoms with Crippen LogP contribution in [-0.2, 0) is 20.8 Å². The zero-order valence-electron chi connectivity index (χ0n) is 13.8. The fourth-order valence-electron chi connectivity index (χ4n) is 2.52. The third kappa shape index (κ3) is 4.75. The molecular weight excluding hydrogens is 355 g/mol. The Morgan fingerprint density at radius 1 is 1.42 bits per heavy atom. The van der Waals surface area contributed by atoms with E-state index in [0.29, 0.717) is 5.06 Å². The Labute approximate surface area is 147 Å². The van der Waals surface area contributed by atoms with Crippen LogP contribution in [0.4, 0.5) is 18.0 Å². The van der Waals surface area contributed by atoms with Crippen molar-refractivity contribution in [1.82, 2.24) is 5.06 Å². The van der Waals surface area contributed by atoms with Crippen molar-refractivity contribution < 1.29 is 37.4 Å². The predicted molar refractivity (Wildman–Crippen MR) is 83.6 cm³/mol. The van der Waals surface area contributed by atoms with E-state index in [9.17, 15) is 27.9 Å². The number of hydroxylamine groups is 2. The van der Waals surface area contributed by atoms with Crippen LogP contribution in [-0.4, -0.2) is 47.2 Å². The molecule has 2 rings (SSSR count). The van der Waals surface area contributed by atoms with Crippen LogP contribution < -0.4 is 0 Å². The van der Waals surface area contributed by atoms with Gasteiger partial charge in [0.2, 0.25) is 0 Å². The van der Waals surface area contributed by atoms with Gasteiger partial charge in [-0.05, 0) is 18.9 Å². The number of carbonyl (C=O) groups is 2. The summed E-state index contributed by atoms with van der Waals surface area (Å²) in [6, 6.07) is 8.07. The third-order valence-corrected chi connectivity index (χ3v) is 3.75. The Hall–Kier alpha value is -2.55. The summed E-state index contributed by atoms with van der Waals surface area (Å²) < 4.78 is 44.2. The van der Waals surface area contributed by atoms with Gasteiger partial charge in [0, 0.05) is 0 Å². The van der Waals surface area contributed by atoms with Crippen molar-refractivity contribution in [2.75, 3.05) is 6.61 Å². The zero-order valence-corrected chi connectivity index (χ0v) is 13.8. The molecule has 26 heavy (non-hydrogen) atoms. The highest BCUT2D eigenvalue weighted by atomic mass is 19.4. The Bertz CT molecular complexity index is 662. The van der Waals surface area contributed by atoms with Crippen LogP contribution in [0.3, 0.4) is 0 Å². The van der Waals surface area contributed by atoms with Crippen molar-refractivity contribution in [2.45, 2.75) is 31.7 Å². The molecule has 0 bridgehead atoms. The molecule has 0 saturated carbocycles. The lowest BCUT2D eigenvalue weighted by atomic mass is 10.0. The van der Waals surface area contributed by atoms with Gasteiger partial charge in [0.05, 0.1) is 6.10 Å². The average Bonchev–Trinajstić information content (AvgIpc) is 2.88. The summed E-state index contributed by atoms with van der Waals surface area (Å²) in [5.41, 5.74) is 0.790. The van der Waals surface area contributed by atoms with Crippen molar-refractivity contribution in [3.05, 3.63) is 48.0 Å². The minimum atomic E-state index is -5.05. The summed E-state index contributed by atoms with van der Waals surface area (Å²) in [6.07, 6.45) is -6.00. The van der Waals surface area contributed by atoms with Gasteiger partial charge in [-0.3, -0.25) is 0 Å². The summed E-state index contributed by atoms with van der Waals surface area (Å²) in [4.78, 5) is 28.4. The van der Waals surface area contributed by atoms with Crippen molar-refractivity contribution in [3.63, 3.8) is 0 Å². The van der Waals surface area contributed by atoms with Gasteiger partial charge in [0.25, 0.3) is 0 Å². The molecule has 0 radical (unpaired) electrons. The molecule has 1 saturated heterocycles. The van der Waals surface area contributed by atoms with E-state index in [1.165, 1.54) is 13.0 Å². The summed E-state index contributed by atoms with van der Waals surface area (Å²) in [5.74, 6) is -4.59. The molecule has 1 aromatic rings. The molecule has 142 valence electrons. The van der Waals surface area contributed by atoms with Crippen molar-refractivity contribution >= 4 is 12.1 Å². The van der Waals surface area contributed by atoms with Crippen LogP contribution in [0.25, 0.3) is 0 Å². The van der Waals surface area contributed by atoms with Gasteiger partial charge in [-0.1, -0.05) is 42.5 Å². The summed E-state index contributed by atoms with van der Waals surface area (Å²) in [7, 11) is 0. The van der Waals surface area contributed by atoms with E-state index in [2.05, 4.69) is 4.84 Å². The second-order valence-electron chi connectivity index (χ2n) is 5.69. The maximum absolute atomic E-state index is 13.1. The topological polar surface area (TPSA) is 76.1 Å². The fraction of sp³-hybridized carbons (Fsp3) is 0.412. The lowest BCUT2D eigenvalue weighted by molar-refractivity contribution is -0.230. The predicted octanol–water partition coefficient (Wildman–Crippen LogP) is 2.62. The number of amides is 1. The Kier molecular flexibility index (Phi) is 6.25. The van der Waals surface area contributed by atoms with Crippen LogP contribution in [0.2, 0.25) is 0 Å². The first-order chi connectivity index (χ1) is 12.2. The number of rotatable bonds is 6. The molecule has 6 nitrogen and oxygen atoms in total. The maximum atomic E-state index is 13.1. The summed E-state index contributed by atoms with van der Waals surface area (Å²) >= 11 is 0. The molecule has 0 aromatic heterocycles. The van der Waals surface area contributed by atoms with Crippen LogP contribution >= 0.6 is 0 Å². The van der Waals surface area contributed by atoms with Gasteiger partial charge >= 0.3 is 18.2 Å². The van der Waals surface area contributed by atoms with Crippen LogP contribution in [0.1, 0.15) is 12.5 Å². The van der Waals surface area contributed by atoms with Gasteiger partial charge < -0.3 is 14.7 Å². The quantitative estimate of drug-likeness (QED) is 0.776. The maximum Gasteiger partial charge on any atom is 0.443 e. The number of hydrogen-bond donors (Lipinski definition) is 1. The molecule has 1 heterocycles. The second-order valence-corrected chi connectivity index (χ2v) is 5.69. The number of alkyl halides is 3. The van der Waals surface area contributed by atoms with Gasteiger partial charge in [0.1, 0.15) is 12.6 Å². The fourth-order valence-corrected chi connectivity index (χ4v) is 2.52. The van der Waals surface area contributed by atoms with E-state index >= 15 is 0 Å². The largest absolute Gasteiger partial charge is 0.445 e. The number of carbonyl (C=O) groups excluding carboxylic acids is 2. The number of nitrogens with zero attached hydrogens (tertiary/aromatic N) is 1. The molecule has 0 aliphatic carbocycles. The standard InChI is InChI=1S/C17H18F3NO5/c1-2-6-13(22)14(17(18,19)20)15(23)26-21-12(10-25-16(21)24)9-11-7-4-3-5-8-11/h2-8,12-14,22H,9-10H2,1H3/b6-2+/t12-,13-,14-/m0/s1. The molecular formula is C17H18F3NO5. The molecule has 1 amide bonds. The van der Waals surface area contributed by atoms with Crippen LogP contribution in [0, 0.1) is 5.92 Å². The first kappa shape index (κ1) is 19.8. The smallest absolute Gasteiger partial charge is 0.443 e. The molecule has 1 fully saturated rings. The van der Waals surface area contributed by atoms with Crippen molar-refractivity contribution in [1.29, 1.82) is 0 Å². The minimum absolute atomic E-state index is 0.130. The van der Waals surface area contributed by atoms with Crippen LogP contribution in [0.15, 0.2) is 42.5 Å². The van der Waals surface area contributed by atoms with E-state index < -0.39 is 36.3 Å². The van der Waals surface area contributed by atoms with E-state index in [1.54, 1.807) is 30.3 Å². The van der Waals surface area contributed by atoms with Gasteiger partial charge in [-0.2, -0.15) is 13.2 Å². The second kappa shape index (κ2) is 8.22. The number of aliphatic hydroxyl groups excluding tert-OH is 1. The average molecular weight is 373 g/mol. The normalized spacial score (nSPS) is 20.1. The Morgan fingerprint density at radius 2 is 2.08 bits per heavy atom. The van der Waals surface area contributed by atoms with Crippen molar-refractivity contribution in [2.24, 2.45) is 5.92 Å². The highest BCUT2D eigenvalue weighted by Crippen LogP contribution is 2.31. The van der Waals surface area contributed by atoms with Gasteiger partial charge in [-0.25, -0.2) is 9.59 Å². The van der Waals surface area contributed by atoms with Gasteiger partial charge in [-0.15, -0.1) is 5.06 Å². The molecule has 0 unspecified atom stereocenters. The zero-order chi connectivity index (χ0) is 19.3. The molecule has 9 heteroatoms. The van der Waals surface area contributed by atoms with Gasteiger partial charge in [0.15, 0.2) is 5.92 Å². The number of halogens is 3. The summed E-state index contributed by atoms with van der Waals surface area (Å²) in [5, 5.41) is 10.1. The third-order valence-electron chi connectivity index (χ3n) is 3.75. The number of allylic oxidation sites excluding steroid dienone is 1. The van der Waals surface area contributed by atoms with Crippen LogP contribution in [0.5, 0.6) is 0 Å². The number of hydrogen-bond acceptors (Lipinski definition) is 5. The number of cyclic esters (lactones) is 1. The number of benzene rings is 1. The molecule has 3 atom stereocenters. The lowest BCUT2D eigenvalue weighted by Gasteiger charge is -2.25. The first-order valence-corrected chi connectivity index (χ1v) is 7.83. The molecule has 1 N–H and O–H groups in total. The molecule has 0 spiro atoms. The highest BCUT2D eigenvalue weighted by Gasteiger charge is 2.52. The Morgan fingerprint density at radius 3 is 2.65 bits per heavy atom. The monoisotopic (exact) mass is 373 g/mol. The SMILES string of the molecule is C/C=C/[C@H](O)[C@@H](C(=O)ON1C(=O)OC[C@@H]1Cc1ccccc1)C(F)(F)F. The number of ether oxygens (including phenoxy) is 1. The summed E-state index contributed by atoms with van der Waals surface area (Å²) in [6.45, 7) is 1.27. The Balaban J connectivity index is 2.14. The number of aliphatic hydroxyl groups is 1. The molecule has 1 aliphatic rings. The highest BCUT2D eigenvalue weighted by molar-refractivity contribution is 5.77.